The molecule has 4 aromatic rings. The Morgan fingerprint density at radius 2 is 2.12 bits per heavy atom. The van der Waals surface area contributed by atoms with Gasteiger partial charge in [-0.3, -0.25) is 4.98 Å². The number of halogens is 1. The van der Waals surface area contributed by atoms with E-state index in [1.165, 1.54) is 6.07 Å². The van der Waals surface area contributed by atoms with E-state index in [4.69, 9.17) is 4.74 Å². The van der Waals surface area contributed by atoms with Crippen molar-refractivity contribution in [2.24, 2.45) is 0 Å². The summed E-state index contributed by atoms with van der Waals surface area (Å²) in [6, 6.07) is 8.57. The molecule has 0 spiro atoms. The van der Waals surface area contributed by atoms with Crippen molar-refractivity contribution in [2.45, 2.75) is 13.5 Å². The third kappa shape index (κ3) is 2.90. The average molecular weight is 368 g/mol. The molecule has 0 aliphatic rings. The van der Waals surface area contributed by atoms with Crippen LogP contribution in [0.1, 0.15) is 6.92 Å². The van der Waals surface area contributed by atoms with Crippen molar-refractivity contribution < 1.29 is 9.13 Å². The molecule has 5 nitrogen and oxygen atoms in total. The highest BCUT2D eigenvalue weighted by molar-refractivity contribution is 7.22. The number of benzene rings is 1. The summed E-state index contributed by atoms with van der Waals surface area (Å²) in [5.41, 5.74) is 2.55. The highest BCUT2D eigenvalue weighted by atomic mass is 32.1. The Hall–Kier alpha value is -2.93. The molecule has 0 radical (unpaired) electrons. The van der Waals surface area contributed by atoms with Crippen LogP contribution in [0.25, 0.3) is 20.8 Å². The van der Waals surface area contributed by atoms with Crippen molar-refractivity contribution in [1.82, 2.24) is 14.5 Å². The molecule has 7 heteroatoms. The molecule has 3 aromatic heterocycles. The number of rotatable bonds is 5. The van der Waals surface area contributed by atoms with Crippen molar-refractivity contribution in [2.75, 3.05) is 12.4 Å². The maximum atomic E-state index is 14.3. The van der Waals surface area contributed by atoms with E-state index in [9.17, 15) is 4.39 Å². The lowest BCUT2D eigenvalue weighted by Crippen LogP contribution is -1.92. The number of nitrogens with zero attached hydrogens (tertiary/aromatic N) is 3. The fraction of sp³-hybridized carbons (Fsp3) is 0.158. The molecule has 0 atom stereocenters. The van der Waals surface area contributed by atoms with E-state index >= 15 is 0 Å². The number of nitrogens with one attached hydrogen (secondary N) is 1. The number of imidazole rings is 1. The summed E-state index contributed by atoms with van der Waals surface area (Å²) in [6.07, 6.45) is 5.32. The first-order chi connectivity index (χ1) is 12.7. The number of pyridine rings is 1. The third-order valence-corrected chi connectivity index (χ3v) is 5.28. The second kappa shape index (κ2) is 6.76. The number of anilines is 1. The van der Waals surface area contributed by atoms with Crippen LogP contribution in [0.2, 0.25) is 0 Å². The van der Waals surface area contributed by atoms with Crippen LogP contribution in [0, 0.1) is 5.82 Å². The molecule has 0 bridgehead atoms. The van der Waals surface area contributed by atoms with Gasteiger partial charge in [-0.2, -0.15) is 0 Å². The zero-order valence-corrected chi connectivity index (χ0v) is 15.2. The number of hydrogen-bond acceptors (Lipinski definition) is 5. The Morgan fingerprint density at radius 3 is 2.88 bits per heavy atom. The van der Waals surface area contributed by atoms with Gasteiger partial charge in [-0.05, 0) is 25.1 Å². The number of aromatic nitrogens is 3. The van der Waals surface area contributed by atoms with Crippen LogP contribution in [0.4, 0.5) is 10.1 Å². The van der Waals surface area contributed by atoms with E-state index in [2.05, 4.69) is 26.8 Å². The van der Waals surface area contributed by atoms with Gasteiger partial charge in [0.2, 0.25) is 0 Å². The lowest BCUT2D eigenvalue weighted by atomic mass is 10.3. The Kier molecular flexibility index (Phi) is 4.30. The first-order valence-corrected chi connectivity index (χ1v) is 9.05. The molecule has 4 rings (SSSR count). The number of fused-ring (bicyclic) bond motifs is 1. The van der Waals surface area contributed by atoms with E-state index in [0.29, 0.717) is 11.4 Å². The van der Waals surface area contributed by atoms with Gasteiger partial charge in [-0.1, -0.05) is 0 Å². The fourth-order valence-electron chi connectivity index (χ4n) is 2.76. The second-order valence-electron chi connectivity index (χ2n) is 5.70. The molecule has 1 N–H and O–H groups in total. The van der Waals surface area contributed by atoms with Gasteiger partial charge >= 0.3 is 0 Å². The van der Waals surface area contributed by atoms with Gasteiger partial charge < -0.3 is 14.6 Å². The summed E-state index contributed by atoms with van der Waals surface area (Å²) in [6.45, 7) is 2.91. The van der Waals surface area contributed by atoms with Crippen LogP contribution in [0.15, 0.2) is 49.1 Å². The van der Waals surface area contributed by atoms with Crippen LogP contribution in [-0.2, 0) is 6.54 Å². The molecule has 0 amide bonds. The first kappa shape index (κ1) is 16.5. The molecule has 0 fully saturated rings. The van der Waals surface area contributed by atoms with Gasteiger partial charge in [0.1, 0.15) is 5.75 Å². The summed E-state index contributed by atoms with van der Waals surface area (Å²) in [7, 11) is 1.75. The summed E-state index contributed by atoms with van der Waals surface area (Å²) in [5, 5.41) is 2.91. The number of aryl methyl sites for hydroxylation is 1. The van der Waals surface area contributed by atoms with Gasteiger partial charge in [0, 0.05) is 37.6 Å². The largest absolute Gasteiger partial charge is 0.453 e. The number of hydrogen-bond donors (Lipinski definition) is 1. The summed E-state index contributed by atoms with van der Waals surface area (Å²) < 4.78 is 23.1. The van der Waals surface area contributed by atoms with Crippen molar-refractivity contribution >= 4 is 27.2 Å². The van der Waals surface area contributed by atoms with E-state index in [1.807, 2.05) is 18.6 Å². The van der Waals surface area contributed by atoms with Gasteiger partial charge in [0.05, 0.1) is 33.3 Å². The predicted octanol–water partition coefficient (Wildman–Crippen LogP) is 5.15. The van der Waals surface area contributed by atoms with Crippen molar-refractivity contribution in [3.63, 3.8) is 0 Å². The standard InChI is InChI=1S/C19H17FN4OS/c1-3-24-11-22-10-15(24)18-9-14-19(26-18)17(6-7-23-14)25-16-5-4-12(21-2)8-13(16)20/h4-11,21H,3H2,1-2H3. The van der Waals surface area contributed by atoms with E-state index < -0.39 is 5.82 Å². The molecule has 0 aliphatic carbocycles. The zero-order valence-electron chi connectivity index (χ0n) is 14.4. The van der Waals surface area contributed by atoms with Crippen molar-refractivity contribution in [3.05, 3.63) is 54.9 Å². The van der Waals surface area contributed by atoms with Gasteiger partial charge in [-0.15, -0.1) is 11.3 Å². The Bertz CT molecular complexity index is 1070. The monoisotopic (exact) mass is 368 g/mol. The minimum Gasteiger partial charge on any atom is -0.453 e. The topological polar surface area (TPSA) is 52.0 Å². The summed E-state index contributed by atoms with van der Waals surface area (Å²) in [5.74, 6) is 0.359. The van der Waals surface area contributed by atoms with Crippen molar-refractivity contribution in [1.29, 1.82) is 0 Å². The Balaban J connectivity index is 1.74. The van der Waals surface area contributed by atoms with Crippen LogP contribution in [0.3, 0.4) is 0 Å². The summed E-state index contributed by atoms with van der Waals surface area (Å²) >= 11 is 1.56. The van der Waals surface area contributed by atoms with E-state index in [-0.39, 0.29) is 5.75 Å². The number of thiophene rings is 1. The second-order valence-corrected chi connectivity index (χ2v) is 6.75. The molecule has 1 aromatic carbocycles. The lowest BCUT2D eigenvalue weighted by molar-refractivity contribution is 0.447. The van der Waals surface area contributed by atoms with Crippen LogP contribution < -0.4 is 10.1 Å². The van der Waals surface area contributed by atoms with Crippen LogP contribution in [0.5, 0.6) is 11.5 Å². The molecule has 0 aliphatic heterocycles. The minimum absolute atomic E-state index is 0.185. The smallest absolute Gasteiger partial charge is 0.167 e. The maximum Gasteiger partial charge on any atom is 0.167 e. The summed E-state index contributed by atoms with van der Waals surface area (Å²) in [4.78, 5) is 9.69. The highest BCUT2D eigenvalue weighted by Gasteiger charge is 2.14. The van der Waals surface area contributed by atoms with Gasteiger partial charge in [0.25, 0.3) is 0 Å². The average Bonchev–Trinajstić information content (AvgIpc) is 3.29. The molecule has 26 heavy (non-hydrogen) atoms. The zero-order chi connectivity index (χ0) is 18.1. The molecule has 132 valence electrons. The van der Waals surface area contributed by atoms with Crippen LogP contribution in [-0.4, -0.2) is 21.6 Å². The van der Waals surface area contributed by atoms with Crippen molar-refractivity contribution in [3.8, 4) is 22.1 Å². The SMILES string of the molecule is CCn1cncc1-c1cc2nccc(Oc3ccc(NC)cc3F)c2s1. The lowest BCUT2D eigenvalue weighted by Gasteiger charge is -2.08. The fourth-order valence-corrected chi connectivity index (χ4v) is 3.85. The van der Waals surface area contributed by atoms with E-state index in [1.54, 1.807) is 42.8 Å². The number of ether oxygens (including phenoxy) is 1. The minimum atomic E-state index is -0.414. The highest BCUT2D eigenvalue weighted by Crippen LogP contribution is 2.39. The molecule has 0 saturated heterocycles. The quantitative estimate of drug-likeness (QED) is 0.529. The van der Waals surface area contributed by atoms with Gasteiger partial charge in [-0.25, -0.2) is 9.37 Å². The molecule has 0 unspecified atom stereocenters. The van der Waals surface area contributed by atoms with Gasteiger partial charge in [0.15, 0.2) is 11.6 Å². The first-order valence-electron chi connectivity index (χ1n) is 8.23. The molecule has 0 saturated carbocycles. The predicted molar refractivity (Wildman–Crippen MR) is 103 cm³/mol. The molecule has 3 heterocycles. The van der Waals surface area contributed by atoms with Crippen LogP contribution >= 0.6 is 11.3 Å². The third-order valence-electron chi connectivity index (χ3n) is 4.12. The molecular weight excluding hydrogens is 351 g/mol. The van der Waals surface area contributed by atoms with E-state index in [0.717, 1.165) is 27.3 Å². The Labute approximate surface area is 154 Å². The Morgan fingerprint density at radius 1 is 1.23 bits per heavy atom. The maximum absolute atomic E-state index is 14.3. The molecular formula is C19H17FN4OS. The normalized spacial score (nSPS) is 11.0.